The van der Waals surface area contributed by atoms with Crippen molar-refractivity contribution in [2.75, 3.05) is 0 Å². The molecule has 0 radical (unpaired) electrons. The summed E-state index contributed by atoms with van der Waals surface area (Å²) in [5.74, 6) is -0.226. The Morgan fingerprint density at radius 3 is 2.09 bits per heavy atom. The highest BCUT2D eigenvalue weighted by molar-refractivity contribution is 5.75. The van der Waals surface area contributed by atoms with E-state index in [1.807, 2.05) is 0 Å². The number of aldehydes is 1. The molecule has 58 valence electrons. The van der Waals surface area contributed by atoms with Crippen LogP contribution in [0.3, 0.4) is 0 Å². The second kappa shape index (κ2) is 2.82. The molecule has 1 aromatic rings. The molecule has 0 saturated heterocycles. The molecular formula is C9H9FO. The minimum atomic E-state index is -0.226. The van der Waals surface area contributed by atoms with Crippen LogP contribution in [0, 0.1) is 19.7 Å². The monoisotopic (exact) mass is 152 g/mol. The Labute approximate surface area is 64.9 Å². The molecule has 1 nitrogen and oxygen atoms in total. The molecule has 0 aliphatic heterocycles. The van der Waals surface area contributed by atoms with E-state index in [9.17, 15) is 9.18 Å². The third-order valence-electron chi connectivity index (χ3n) is 1.59. The van der Waals surface area contributed by atoms with Crippen LogP contribution in [0.2, 0.25) is 0 Å². The first kappa shape index (κ1) is 7.92. The molecular weight excluding hydrogens is 143 g/mol. The highest BCUT2D eigenvalue weighted by atomic mass is 19.1. The van der Waals surface area contributed by atoms with E-state index in [1.54, 1.807) is 13.8 Å². The lowest BCUT2D eigenvalue weighted by Gasteiger charge is -2.00. The van der Waals surface area contributed by atoms with Crippen molar-refractivity contribution in [2.24, 2.45) is 0 Å². The van der Waals surface area contributed by atoms with Gasteiger partial charge in [0.15, 0.2) is 0 Å². The predicted octanol–water partition coefficient (Wildman–Crippen LogP) is 2.26. The quantitative estimate of drug-likeness (QED) is 0.564. The molecule has 0 N–H and O–H groups in total. The Hall–Kier alpha value is -1.18. The lowest BCUT2D eigenvalue weighted by atomic mass is 10.1. The summed E-state index contributed by atoms with van der Waals surface area (Å²) in [4.78, 5) is 10.3. The third kappa shape index (κ3) is 1.45. The summed E-state index contributed by atoms with van der Waals surface area (Å²) < 4.78 is 12.9. The van der Waals surface area contributed by atoms with Gasteiger partial charge < -0.3 is 0 Å². The van der Waals surface area contributed by atoms with Crippen LogP contribution in [0.5, 0.6) is 0 Å². The summed E-state index contributed by atoms with van der Waals surface area (Å²) in [6.45, 7) is 3.30. The second-order valence-electron chi connectivity index (χ2n) is 2.59. The van der Waals surface area contributed by atoms with Crippen LogP contribution in [0.25, 0.3) is 0 Å². The zero-order valence-electron chi connectivity index (χ0n) is 6.52. The van der Waals surface area contributed by atoms with Gasteiger partial charge >= 0.3 is 0 Å². The number of carbonyl (C=O) groups excluding carboxylic acids is 1. The lowest BCUT2D eigenvalue weighted by molar-refractivity contribution is 0.112. The first-order valence-electron chi connectivity index (χ1n) is 3.37. The maximum Gasteiger partial charge on any atom is 0.150 e. The van der Waals surface area contributed by atoms with Gasteiger partial charge in [0, 0.05) is 5.56 Å². The minimum absolute atomic E-state index is 0.226. The molecule has 0 bridgehead atoms. The van der Waals surface area contributed by atoms with Gasteiger partial charge in [0.1, 0.15) is 12.1 Å². The number of halogens is 1. The van der Waals surface area contributed by atoms with E-state index in [0.29, 0.717) is 16.7 Å². The van der Waals surface area contributed by atoms with E-state index >= 15 is 0 Å². The molecule has 0 aliphatic carbocycles. The summed E-state index contributed by atoms with van der Waals surface area (Å²) in [5.41, 5.74) is 1.57. The van der Waals surface area contributed by atoms with E-state index in [2.05, 4.69) is 0 Å². The Morgan fingerprint density at radius 1 is 1.27 bits per heavy atom. The van der Waals surface area contributed by atoms with Crippen molar-refractivity contribution in [1.29, 1.82) is 0 Å². The van der Waals surface area contributed by atoms with Crippen LogP contribution in [-0.2, 0) is 0 Å². The SMILES string of the molecule is Cc1cc(C=O)cc(C)c1F. The Kier molecular flexibility index (Phi) is 2.03. The van der Waals surface area contributed by atoms with Crippen molar-refractivity contribution in [3.63, 3.8) is 0 Å². The van der Waals surface area contributed by atoms with Crippen molar-refractivity contribution in [2.45, 2.75) is 13.8 Å². The average molecular weight is 152 g/mol. The molecule has 2 heteroatoms. The van der Waals surface area contributed by atoms with Gasteiger partial charge in [-0.1, -0.05) is 0 Å². The number of rotatable bonds is 1. The minimum Gasteiger partial charge on any atom is -0.298 e. The van der Waals surface area contributed by atoms with E-state index in [4.69, 9.17) is 0 Å². The molecule has 0 atom stereocenters. The third-order valence-corrected chi connectivity index (χ3v) is 1.59. The molecule has 0 unspecified atom stereocenters. The zero-order valence-corrected chi connectivity index (χ0v) is 6.52. The summed E-state index contributed by atoms with van der Waals surface area (Å²) in [7, 11) is 0. The number of hydrogen-bond acceptors (Lipinski definition) is 1. The Morgan fingerprint density at radius 2 is 1.73 bits per heavy atom. The molecule has 0 aliphatic rings. The van der Waals surface area contributed by atoms with Gasteiger partial charge in [0.2, 0.25) is 0 Å². The Bertz CT molecular complexity index is 269. The second-order valence-corrected chi connectivity index (χ2v) is 2.59. The smallest absolute Gasteiger partial charge is 0.150 e. The standard InChI is InChI=1S/C9H9FO/c1-6-3-8(5-11)4-7(2)9(6)10/h3-5H,1-2H3. The molecule has 0 saturated carbocycles. The Balaban J connectivity index is 3.31. The van der Waals surface area contributed by atoms with Gasteiger partial charge in [-0.05, 0) is 37.1 Å². The fourth-order valence-electron chi connectivity index (χ4n) is 1.05. The normalized spacial score (nSPS) is 9.73. The van der Waals surface area contributed by atoms with Gasteiger partial charge in [-0.15, -0.1) is 0 Å². The van der Waals surface area contributed by atoms with Crippen molar-refractivity contribution in [1.82, 2.24) is 0 Å². The largest absolute Gasteiger partial charge is 0.298 e. The van der Waals surface area contributed by atoms with Crippen LogP contribution < -0.4 is 0 Å². The highest BCUT2D eigenvalue weighted by Crippen LogP contribution is 2.12. The molecule has 11 heavy (non-hydrogen) atoms. The summed E-state index contributed by atoms with van der Waals surface area (Å²) >= 11 is 0. The van der Waals surface area contributed by atoms with Crippen molar-refractivity contribution in [3.05, 3.63) is 34.6 Å². The maximum absolute atomic E-state index is 12.9. The molecule has 0 spiro atoms. The lowest BCUT2D eigenvalue weighted by Crippen LogP contribution is -1.90. The van der Waals surface area contributed by atoms with E-state index in [0.717, 1.165) is 6.29 Å². The van der Waals surface area contributed by atoms with E-state index < -0.39 is 0 Å². The topological polar surface area (TPSA) is 17.1 Å². The zero-order chi connectivity index (χ0) is 8.43. The summed E-state index contributed by atoms with van der Waals surface area (Å²) in [6.07, 6.45) is 0.722. The number of aryl methyl sites for hydroxylation is 2. The maximum atomic E-state index is 12.9. The van der Waals surface area contributed by atoms with Gasteiger partial charge in [0.05, 0.1) is 0 Å². The molecule has 0 fully saturated rings. The molecule has 0 heterocycles. The molecule has 1 aromatic carbocycles. The number of carbonyl (C=O) groups is 1. The average Bonchev–Trinajstić information content (AvgIpc) is 1.99. The molecule has 1 rings (SSSR count). The molecule has 0 aromatic heterocycles. The first-order valence-corrected chi connectivity index (χ1v) is 3.37. The summed E-state index contributed by atoms with van der Waals surface area (Å²) in [5, 5.41) is 0. The fourth-order valence-corrected chi connectivity index (χ4v) is 1.05. The number of hydrogen-bond donors (Lipinski definition) is 0. The van der Waals surface area contributed by atoms with Gasteiger partial charge in [-0.25, -0.2) is 4.39 Å². The summed E-state index contributed by atoms with van der Waals surface area (Å²) in [6, 6.07) is 3.07. The predicted molar refractivity (Wildman–Crippen MR) is 41.3 cm³/mol. The van der Waals surface area contributed by atoms with Crippen LogP contribution in [0.15, 0.2) is 12.1 Å². The van der Waals surface area contributed by atoms with E-state index in [1.165, 1.54) is 12.1 Å². The fraction of sp³-hybridized carbons (Fsp3) is 0.222. The van der Waals surface area contributed by atoms with Gasteiger partial charge in [-0.2, -0.15) is 0 Å². The molecule has 0 amide bonds. The van der Waals surface area contributed by atoms with Crippen molar-refractivity contribution >= 4 is 6.29 Å². The highest BCUT2D eigenvalue weighted by Gasteiger charge is 2.02. The number of benzene rings is 1. The first-order chi connectivity index (χ1) is 5.15. The van der Waals surface area contributed by atoms with Crippen molar-refractivity contribution < 1.29 is 9.18 Å². The van der Waals surface area contributed by atoms with Crippen LogP contribution >= 0.6 is 0 Å². The van der Waals surface area contributed by atoms with Gasteiger partial charge in [0.25, 0.3) is 0 Å². The van der Waals surface area contributed by atoms with Crippen LogP contribution in [0.4, 0.5) is 4.39 Å². The van der Waals surface area contributed by atoms with Crippen molar-refractivity contribution in [3.8, 4) is 0 Å². The van der Waals surface area contributed by atoms with E-state index in [-0.39, 0.29) is 5.82 Å². The van der Waals surface area contributed by atoms with Crippen LogP contribution in [0.1, 0.15) is 21.5 Å². The van der Waals surface area contributed by atoms with Gasteiger partial charge in [-0.3, -0.25) is 4.79 Å². The van der Waals surface area contributed by atoms with Crippen LogP contribution in [-0.4, -0.2) is 6.29 Å².